The van der Waals surface area contributed by atoms with E-state index in [0.717, 1.165) is 75.1 Å². The summed E-state index contributed by atoms with van der Waals surface area (Å²) in [7, 11) is 0. The van der Waals surface area contributed by atoms with Gasteiger partial charge in [0.05, 0.1) is 30.4 Å². The predicted octanol–water partition coefficient (Wildman–Crippen LogP) is 4.77. The summed E-state index contributed by atoms with van der Waals surface area (Å²) in [6.07, 6.45) is 9.82. The number of ether oxygens (including phenoxy) is 1. The van der Waals surface area contributed by atoms with Crippen LogP contribution in [0.1, 0.15) is 62.6 Å². The van der Waals surface area contributed by atoms with Crippen molar-refractivity contribution in [1.29, 1.82) is 0 Å². The first-order valence-corrected chi connectivity index (χ1v) is 13.3. The molecule has 4 fully saturated rings. The highest BCUT2D eigenvalue weighted by Crippen LogP contribution is 2.42. The van der Waals surface area contributed by atoms with Crippen molar-refractivity contribution in [2.45, 2.75) is 69.8 Å². The van der Waals surface area contributed by atoms with Crippen LogP contribution in [0.2, 0.25) is 0 Å². The molecular weight excluding hydrogens is 438 g/mol. The second-order valence-corrected chi connectivity index (χ2v) is 11.0. The zero-order valence-electron chi connectivity index (χ0n) is 20.9. The molecule has 1 unspecified atom stereocenters. The van der Waals surface area contributed by atoms with Gasteiger partial charge in [-0.15, -0.1) is 0 Å². The van der Waals surface area contributed by atoms with Gasteiger partial charge in [0.25, 0.3) is 5.91 Å². The largest absolute Gasteiger partial charge is 0.455 e. The van der Waals surface area contributed by atoms with Gasteiger partial charge in [-0.1, -0.05) is 56.0 Å². The van der Waals surface area contributed by atoms with E-state index in [0.29, 0.717) is 16.9 Å². The monoisotopic (exact) mass is 476 g/mol. The summed E-state index contributed by atoms with van der Waals surface area (Å²) in [5.41, 5.74) is 2.22. The topological polar surface area (TPSA) is 68.3 Å². The average Bonchev–Trinajstić information content (AvgIpc) is 3.14. The number of rotatable bonds is 6. The number of quaternary nitrogens is 1. The Balaban J connectivity index is 1.29. The van der Waals surface area contributed by atoms with Gasteiger partial charge < -0.3 is 14.5 Å². The highest BCUT2D eigenvalue weighted by Gasteiger charge is 2.51. The minimum atomic E-state index is -0.537. The summed E-state index contributed by atoms with van der Waals surface area (Å²) >= 11 is 0. The number of pyridine rings is 1. The fraction of sp³-hybridized carbons (Fsp3) is 0.552. The fourth-order valence-corrected chi connectivity index (χ4v) is 6.57. The summed E-state index contributed by atoms with van der Waals surface area (Å²) in [6, 6.07) is 14.1. The summed E-state index contributed by atoms with van der Waals surface area (Å²) in [5, 5.41) is 3.01. The van der Waals surface area contributed by atoms with Crippen LogP contribution in [0.3, 0.4) is 0 Å². The second-order valence-electron chi connectivity index (χ2n) is 11.0. The number of hydrogen-bond acceptors (Lipinski definition) is 4. The summed E-state index contributed by atoms with van der Waals surface area (Å²) in [6.45, 7) is 5.03. The zero-order valence-corrected chi connectivity index (χ0v) is 20.9. The first-order valence-electron chi connectivity index (χ1n) is 13.3. The fourth-order valence-electron chi connectivity index (χ4n) is 6.57. The predicted molar refractivity (Wildman–Crippen MR) is 136 cm³/mol. The van der Waals surface area contributed by atoms with Gasteiger partial charge in [0.1, 0.15) is 6.54 Å². The standard InChI is InChI=1S/C29H37N3O3/c1-22-11-12-25(19-30-22)31-27(33)21-32-17-13-23(14-18-32)26(20-32)35-28(34)29(15-7-2-3-8-16-29)24-9-5-4-6-10-24/h4-6,9-12,19,23,26H,2-3,7-8,13-18,20-21H2,1H3/p+1. The number of amides is 1. The van der Waals surface area contributed by atoms with Gasteiger partial charge in [0.15, 0.2) is 12.6 Å². The van der Waals surface area contributed by atoms with Crippen LogP contribution >= 0.6 is 0 Å². The molecule has 0 spiro atoms. The van der Waals surface area contributed by atoms with Gasteiger partial charge >= 0.3 is 5.97 Å². The normalized spacial score (nSPS) is 27.6. The third kappa shape index (κ3) is 5.13. The minimum absolute atomic E-state index is 0.00519. The maximum absolute atomic E-state index is 13.9. The van der Waals surface area contributed by atoms with Crippen molar-refractivity contribution in [2.75, 3.05) is 31.5 Å². The molecule has 6 heteroatoms. The van der Waals surface area contributed by atoms with Crippen LogP contribution in [0.25, 0.3) is 0 Å². The van der Waals surface area contributed by atoms with Crippen LogP contribution in [0, 0.1) is 12.8 Å². The molecule has 1 aromatic carbocycles. The Morgan fingerprint density at radius 3 is 2.40 bits per heavy atom. The Morgan fingerprint density at radius 1 is 1.03 bits per heavy atom. The first-order chi connectivity index (χ1) is 17.0. The Kier molecular flexibility index (Phi) is 6.92. The van der Waals surface area contributed by atoms with Crippen LogP contribution in [-0.2, 0) is 19.7 Å². The third-order valence-corrected chi connectivity index (χ3v) is 8.65. The lowest BCUT2D eigenvalue weighted by molar-refractivity contribution is -0.939. The molecule has 3 aliphatic heterocycles. The smallest absolute Gasteiger partial charge is 0.317 e. The van der Waals surface area contributed by atoms with Crippen molar-refractivity contribution >= 4 is 17.6 Å². The van der Waals surface area contributed by atoms with Crippen molar-refractivity contribution in [3.8, 4) is 0 Å². The van der Waals surface area contributed by atoms with Gasteiger partial charge in [-0.2, -0.15) is 0 Å². The summed E-state index contributed by atoms with van der Waals surface area (Å²) < 4.78 is 7.13. The quantitative estimate of drug-likeness (QED) is 0.370. The molecule has 6 rings (SSSR count). The Labute approximate surface area is 208 Å². The van der Waals surface area contributed by atoms with Crippen molar-refractivity contribution in [1.82, 2.24) is 4.98 Å². The number of carbonyl (C=O) groups excluding carboxylic acids is 2. The van der Waals surface area contributed by atoms with Crippen molar-refractivity contribution in [3.63, 3.8) is 0 Å². The van der Waals surface area contributed by atoms with E-state index in [1.165, 1.54) is 12.8 Å². The number of carbonyl (C=O) groups is 2. The van der Waals surface area contributed by atoms with Crippen LogP contribution in [-0.4, -0.2) is 53.6 Å². The number of benzene rings is 1. The van der Waals surface area contributed by atoms with Gasteiger partial charge in [0, 0.05) is 24.5 Å². The van der Waals surface area contributed by atoms with Crippen molar-refractivity contribution < 1.29 is 18.8 Å². The van der Waals surface area contributed by atoms with Crippen molar-refractivity contribution in [2.24, 2.45) is 5.92 Å². The number of aromatic nitrogens is 1. The van der Waals surface area contributed by atoms with E-state index in [-0.39, 0.29) is 18.0 Å². The molecule has 1 aromatic heterocycles. The minimum Gasteiger partial charge on any atom is -0.455 e. The van der Waals surface area contributed by atoms with Crippen LogP contribution in [0.15, 0.2) is 48.7 Å². The Morgan fingerprint density at radius 2 is 1.74 bits per heavy atom. The van der Waals surface area contributed by atoms with Gasteiger partial charge in [-0.3, -0.25) is 14.6 Å². The molecule has 1 N–H and O–H groups in total. The number of hydrogen-bond donors (Lipinski definition) is 1. The summed E-state index contributed by atoms with van der Waals surface area (Å²) in [5.74, 6) is 0.366. The molecule has 2 bridgehead atoms. The lowest BCUT2D eigenvalue weighted by Crippen LogP contribution is -2.66. The number of aryl methyl sites for hydroxylation is 1. The van der Waals surface area contributed by atoms with Gasteiger partial charge in [-0.25, -0.2) is 0 Å². The van der Waals surface area contributed by atoms with E-state index in [1.54, 1.807) is 6.20 Å². The highest BCUT2D eigenvalue weighted by molar-refractivity contribution is 5.91. The zero-order chi connectivity index (χ0) is 24.3. The van der Waals surface area contributed by atoms with Crippen LogP contribution in [0.4, 0.5) is 5.69 Å². The molecular formula is C29H38N3O3+. The van der Waals surface area contributed by atoms with Crippen LogP contribution < -0.4 is 5.32 Å². The molecule has 186 valence electrons. The number of esters is 1. The molecule has 3 saturated heterocycles. The SMILES string of the molecule is Cc1ccc(NC(=O)C[N+]23CCC(CC2)C(OC(=O)C2(c4ccccc4)CCCCCC2)C3)cn1. The van der Waals surface area contributed by atoms with E-state index in [1.807, 2.05) is 37.3 Å². The number of fused-ring (bicyclic) bond motifs is 3. The molecule has 6 nitrogen and oxygen atoms in total. The average molecular weight is 477 g/mol. The maximum Gasteiger partial charge on any atom is 0.317 e. The van der Waals surface area contributed by atoms with Gasteiger partial charge in [0.2, 0.25) is 0 Å². The van der Waals surface area contributed by atoms with E-state index >= 15 is 0 Å². The van der Waals surface area contributed by atoms with E-state index in [9.17, 15) is 9.59 Å². The second kappa shape index (κ2) is 10.1. The number of nitrogens with one attached hydrogen (secondary N) is 1. The molecule has 4 heterocycles. The van der Waals surface area contributed by atoms with Gasteiger partial charge in [-0.05, 0) is 37.5 Å². The molecule has 1 atom stereocenters. The molecule has 1 saturated carbocycles. The van der Waals surface area contributed by atoms with Crippen molar-refractivity contribution in [3.05, 3.63) is 59.9 Å². The molecule has 1 amide bonds. The molecule has 1 aliphatic carbocycles. The Hall–Kier alpha value is -2.73. The van der Waals surface area contributed by atoms with E-state index in [4.69, 9.17) is 4.74 Å². The lowest BCUT2D eigenvalue weighted by atomic mass is 9.74. The lowest BCUT2D eigenvalue weighted by Gasteiger charge is -2.52. The highest BCUT2D eigenvalue weighted by atomic mass is 16.5. The van der Waals surface area contributed by atoms with Crippen LogP contribution in [0.5, 0.6) is 0 Å². The molecule has 2 aromatic rings. The number of piperidine rings is 3. The Bertz CT molecular complexity index is 1020. The first kappa shape index (κ1) is 24.0. The maximum atomic E-state index is 13.9. The van der Waals surface area contributed by atoms with E-state index in [2.05, 4.69) is 22.4 Å². The third-order valence-electron chi connectivity index (χ3n) is 8.65. The summed E-state index contributed by atoms with van der Waals surface area (Å²) in [4.78, 5) is 31.1. The molecule has 4 aliphatic rings. The number of anilines is 1. The van der Waals surface area contributed by atoms with E-state index < -0.39 is 5.41 Å². The molecule has 0 radical (unpaired) electrons. The number of nitrogens with zero attached hydrogens (tertiary/aromatic N) is 2. The molecule has 35 heavy (non-hydrogen) atoms.